The summed E-state index contributed by atoms with van der Waals surface area (Å²) in [4.78, 5) is 15.3. The zero-order valence-corrected chi connectivity index (χ0v) is 21.3. The zero-order valence-electron chi connectivity index (χ0n) is 19.0. The Bertz CT molecular complexity index is 492. The van der Waals surface area contributed by atoms with Gasteiger partial charge in [-0.15, -0.1) is 24.0 Å². The quantitative estimate of drug-likeness (QED) is 0.322. The fourth-order valence-electron chi connectivity index (χ4n) is 4.68. The standard InChI is InChI=1S/C21H42N6O.HI/c1-5-22-21(27-7-6-19(17-27)25-12-14-28-15-13-25)23-16-20(18(2)3)26-10-8-24(4)9-11-26;/h18-20H,5-17H2,1-4H3,(H,22,23);1H. The van der Waals surface area contributed by atoms with Crippen LogP contribution in [0.4, 0.5) is 0 Å². The van der Waals surface area contributed by atoms with Gasteiger partial charge < -0.3 is 19.9 Å². The maximum absolute atomic E-state index is 5.52. The van der Waals surface area contributed by atoms with Crippen molar-refractivity contribution >= 4 is 29.9 Å². The molecule has 0 bridgehead atoms. The van der Waals surface area contributed by atoms with E-state index in [0.717, 1.165) is 71.5 Å². The molecule has 0 aromatic rings. The van der Waals surface area contributed by atoms with Gasteiger partial charge in [-0.3, -0.25) is 14.8 Å². The van der Waals surface area contributed by atoms with Gasteiger partial charge in [-0.1, -0.05) is 13.8 Å². The molecule has 7 nitrogen and oxygen atoms in total. The number of morpholine rings is 1. The highest BCUT2D eigenvalue weighted by atomic mass is 127. The van der Waals surface area contributed by atoms with Crippen molar-refractivity contribution in [1.29, 1.82) is 0 Å². The number of piperazine rings is 1. The van der Waals surface area contributed by atoms with Crippen LogP contribution in [0, 0.1) is 5.92 Å². The monoisotopic (exact) mass is 522 g/mol. The number of hydrogen-bond acceptors (Lipinski definition) is 5. The third-order valence-electron chi connectivity index (χ3n) is 6.56. The van der Waals surface area contributed by atoms with Crippen LogP contribution in [0.15, 0.2) is 4.99 Å². The van der Waals surface area contributed by atoms with Crippen molar-refractivity contribution < 1.29 is 4.74 Å². The van der Waals surface area contributed by atoms with Gasteiger partial charge in [0.05, 0.1) is 19.8 Å². The molecule has 0 aromatic heterocycles. The van der Waals surface area contributed by atoms with Crippen LogP contribution in [-0.4, -0.2) is 123 Å². The Morgan fingerprint density at radius 1 is 1.07 bits per heavy atom. The van der Waals surface area contributed by atoms with Crippen LogP contribution >= 0.6 is 24.0 Å². The van der Waals surface area contributed by atoms with Crippen molar-refractivity contribution in [1.82, 2.24) is 24.9 Å². The predicted molar refractivity (Wildman–Crippen MR) is 131 cm³/mol. The average Bonchev–Trinajstić information content (AvgIpc) is 3.19. The number of hydrogen-bond donors (Lipinski definition) is 1. The van der Waals surface area contributed by atoms with E-state index >= 15 is 0 Å². The number of halogens is 1. The minimum Gasteiger partial charge on any atom is -0.379 e. The number of guanidine groups is 1. The smallest absolute Gasteiger partial charge is 0.194 e. The summed E-state index contributed by atoms with van der Waals surface area (Å²) in [5.41, 5.74) is 0. The van der Waals surface area contributed by atoms with Gasteiger partial charge >= 0.3 is 0 Å². The van der Waals surface area contributed by atoms with E-state index in [1.165, 1.54) is 19.5 Å². The largest absolute Gasteiger partial charge is 0.379 e. The maximum atomic E-state index is 5.52. The highest BCUT2D eigenvalue weighted by Crippen LogP contribution is 2.18. The lowest BCUT2D eigenvalue weighted by molar-refractivity contribution is 0.0194. The van der Waals surface area contributed by atoms with Gasteiger partial charge in [-0.2, -0.15) is 0 Å². The van der Waals surface area contributed by atoms with Crippen LogP contribution in [0.2, 0.25) is 0 Å². The summed E-state index contributed by atoms with van der Waals surface area (Å²) in [6, 6.07) is 1.17. The van der Waals surface area contributed by atoms with Crippen molar-refractivity contribution in [2.45, 2.75) is 39.3 Å². The Balaban J connectivity index is 0.00000300. The van der Waals surface area contributed by atoms with Crippen LogP contribution in [0.25, 0.3) is 0 Å². The van der Waals surface area contributed by atoms with Gasteiger partial charge in [0.2, 0.25) is 0 Å². The van der Waals surface area contributed by atoms with E-state index in [9.17, 15) is 0 Å². The lowest BCUT2D eigenvalue weighted by Gasteiger charge is -2.39. The summed E-state index contributed by atoms with van der Waals surface area (Å²) in [7, 11) is 2.22. The molecule has 3 rings (SSSR count). The highest BCUT2D eigenvalue weighted by molar-refractivity contribution is 14.0. The Hall–Kier alpha value is -0.160. The number of aliphatic imine (C=N–C) groups is 1. The van der Waals surface area contributed by atoms with Gasteiger partial charge in [0.15, 0.2) is 5.96 Å². The first-order valence-electron chi connectivity index (χ1n) is 11.4. The number of likely N-dealkylation sites (tertiary alicyclic amines) is 1. The first-order chi connectivity index (χ1) is 13.6. The third-order valence-corrected chi connectivity index (χ3v) is 6.56. The summed E-state index contributed by atoms with van der Waals surface area (Å²) in [6.07, 6.45) is 1.23. The number of ether oxygens (including phenoxy) is 1. The van der Waals surface area contributed by atoms with Gasteiger partial charge in [0.1, 0.15) is 0 Å². The number of nitrogens with one attached hydrogen (secondary N) is 1. The molecule has 170 valence electrons. The first kappa shape index (κ1) is 25.1. The van der Waals surface area contributed by atoms with Gasteiger partial charge in [0.25, 0.3) is 0 Å². The zero-order chi connectivity index (χ0) is 19.9. The Labute approximate surface area is 195 Å². The SMILES string of the molecule is CCNC(=NCC(C(C)C)N1CCN(C)CC1)N1CCC(N2CCOCC2)C1.I. The summed E-state index contributed by atoms with van der Waals surface area (Å²) < 4.78 is 5.52. The fraction of sp³-hybridized carbons (Fsp3) is 0.952. The number of rotatable bonds is 6. The second kappa shape index (κ2) is 12.6. The molecule has 0 aromatic carbocycles. The molecule has 3 aliphatic rings. The third kappa shape index (κ3) is 7.19. The molecule has 3 saturated heterocycles. The van der Waals surface area contributed by atoms with Crippen LogP contribution < -0.4 is 5.32 Å². The summed E-state index contributed by atoms with van der Waals surface area (Å²) in [5, 5.41) is 3.56. The molecule has 8 heteroatoms. The van der Waals surface area contributed by atoms with Crippen LogP contribution in [0.1, 0.15) is 27.2 Å². The number of likely N-dealkylation sites (N-methyl/N-ethyl adjacent to an activating group) is 1. The van der Waals surface area contributed by atoms with Crippen molar-refractivity contribution in [2.24, 2.45) is 10.9 Å². The minimum atomic E-state index is 0. The lowest BCUT2D eigenvalue weighted by Crippen LogP contribution is -2.52. The van der Waals surface area contributed by atoms with E-state index < -0.39 is 0 Å². The van der Waals surface area contributed by atoms with Crippen molar-refractivity contribution in [3.63, 3.8) is 0 Å². The molecule has 29 heavy (non-hydrogen) atoms. The highest BCUT2D eigenvalue weighted by Gasteiger charge is 2.31. The summed E-state index contributed by atoms with van der Waals surface area (Å²) >= 11 is 0. The van der Waals surface area contributed by atoms with E-state index in [-0.39, 0.29) is 24.0 Å². The lowest BCUT2D eigenvalue weighted by atomic mass is 10.0. The number of nitrogens with zero attached hydrogens (tertiary/aromatic N) is 5. The molecule has 3 heterocycles. The topological polar surface area (TPSA) is 46.6 Å². The summed E-state index contributed by atoms with van der Waals surface area (Å²) in [6.45, 7) is 19.4. The average molecular weight is 523 g/mol. The summed E-state index contributed by atoms with van der Waals surface area (Å²) in [5.74, 6) is 1.73. The van der Waals surface area contributed by atoms with Gasteiger partial charge in [0, 0.05) is 71.0 Å². The Morgan fingerprint density at radius 3 is 2.38 bits per heavy atom. The predicted octanol–water partition coefficient (Wildman–Crippen LogP) is 1.25. The molecular weight excluding hydrogens is 479 g/mol. The van der Waals surface area contributed by atoms with Gasteiger partial charge in [-0.05, 0) is 26.3 Å². The van der Waals surface area contributed by atoms with Gasteiger partial charge in [-0.25, -0.2) is 0 Å². The fourth-order valence-corrected chi connectivity index (χ4v) is 4.68. The van der Waals surface area contributed by atoms with Crippen molar-refractivity contribution in [3.05, 3.63) is 0 Å². The minimum absolute atomic E-state index is 0. The van der Waals surface area contributed by atoms with E-state index in [4.69, 9.17) is 9.73 Å². The van der Waals surface area contributed by atoms with Crippen LogP contribution in [0.5, 0.6) is 0 Å². The molecule has 3 aliphatic heterocycles. The van der Waals surface area contributed by atoms with E-state index in [1.807, 2.05) is 0 Å². The van der Waals surface area contributed by atoms with Crippen LogP contribution in [0.3, 0.4) is 0 Å². The first-order valence-corrected chi connectivity index (χ1v) is 11.4. The molecule has 1 N–H and O–H groups in total. The second-order valence-electron chi connectivity index (χ2n) is 8.88. The molecule has 0 aliphatic carbocycles. The molecule has 0 saturated carbocycles. The maximum Gasteiger partial charge on any atom is 0.194 e. The molecular formula is C21H43IN6O. The molecule has 3 fully saturated rings. The van der Waals surface area contributed by atoms with E-state index in [1.54, 1.807) is 0 Å². The van der Waals surface area contributed by atoms with Crippen LogP contribution in [-0.2, 0) is 4.74 Å². The van der Waals surface area contributed by atoms with Crippen molar-refractivity contribution in [2.75, 3.05) is 85.7 Å². The Morgan fingerprint density at radius 2 is 1.76 bits per heavy atom. The Kier molecular flexibility index (Phi) is 10.9. The second-order valence-corrected chi connectivity index (χ2v) is 8.88. The molecule has 0 spiro atoms. The molecule has 2 unspecified atom stereocenters. The normalized spacial score (nSPS) is 26.6. The molecule has 2 atom stereocenters. The molecule has 0 radical (unpaired) electrons. The molecule has 0 amide bonds. The van der Waals surface area contributed by atoms with Crippen molar-refractivity contribution in [3.8, 4) is 0 Å². The van der Waals surface area contributed by atoms with E-state index in [2.05, 4.69) is 52.7 Å². The van der Waals surface area contributed by atoms with E-state index in [0.29, 0.717) is 18.0 Å².